The van der Waals surface area contributed by atoms with Gasteiger partial charge in [0.1, 0.15) is 12.1 Å². The number of ether oxygens (including phenoxy) is 2. The highest BCUT2D eigenvalue weighted by atomic mass is 16.6. The average Bonchev–Trinajstić information content (AvgIpc) is 3.08. The molecule has 0 aliphatic heterocycles. The monoisotopic (exact) mass is 365 g/mol. The normalized spacial score (nSPS) is 21.7. The summed E-state index contributed by atoms with van der Waals surface area (Å²) in [7, 11) is 1.33. The molecule has 2 aromatic carbocycles. The fourth-order valence-electron chi connectivity index (χ4n) is 4.21. The second kappa shape index (κ2) is 6.12. The highest BCUT2D eigenvalue weighted by Crippen LogP contribution is 2.56. The van der Waals surface area contributed by atoms with E-state index in [9.17, 15) is 9.59 Å². The molecular formula is C22H23NO4. The molecule has 27 heavy (non-hydrogen) atoms. The second-order valence-electron chi connectivity index (χ2n) is 7.91. The zero-order valence-corrected chi connectivity index (χ0v) is 15.7. The molecule has 2 aliphatic carbocycles. The standard InChI is InChI=1S/C22H23NO4/c1-21(2)13-22(21,19(24)26-3)23-20(25)27-12-18-16-10-6-4-8-14(16)15-9-5-7-11-17(15)18/h4-11,18H,12-13H2,1-3H3,(H,23,25)/t22-/m0/s1. The molecule has 2 aliphatic rings. The molecule has 0 unspecified atom stereocenters. The lowest BCUT2D eigenvalue weighted by Gasteiger charge is -2.20. The summed E-state index contributed by atoms with van der Waals surface area (Å²) in [6.07, 6.45) is -0.0514. The molecule has 4 rings (SSSR count). The number of alkyl carbamates (subject to hydrolysis) is 1. The number of rotatable bonds is 4. The number of nitrogens with one attached hydrogen (secondary N) is 1. The summed E-state index contributed by atoms with van der Waals surface area (Å²) in [5.74, 6) is -0.439. The lowest BCUT2D eigenvalue weighted by Crippen LogP contribution is -2.47. The maximum atomic E-state index is 12.4. The van der Waals surface area contributed by atoms with Crippen LogP contribution in [0.2, 0.25) is 0 Å². The highest BCUT2D eigenvalue weighted by molar-refractivity contribution is 5.90. The van der Waals surface area contributed by atoms with Crippen LogP contribution in [0.4, 0.5) is 4.79 Å². The molecule has 140 valence electrons. The van der Waals surface area contributed by atoms with Crippen LogP contribution in [-0.2, 0) is 14.3 Å². The second-order valence-corrected chi connectivity index (χ2v) is 7.91. The number of hydrogen-bond acceptors (Lipinski definition) is 4. The van der Waals surface area contributed by atoms with Crippen molar-refractivity contribution in [2.75, 3.05) is 13.7 Å². The molecule has 0 radical (unpaired) electrons. The van der Waals surface area contributed by atoms with Gasteiger partial charge in [0.05, 0.1) is 7.11 Å². The number of amides is 1. The number of carbonyl (C=O) groups excluding carboxylic acids is 2. The average molecular weight is 365 g/mol. The van der Waals surface area contributed by atoms with Crippen molar-refractivity contribution in [3.63, 3.8) is 0 Å². The zero-order chi connectivity index (χ0) is 19.2. The summed E-state index contributed by atoms with van der Waals surface area (Å²) >= 11 is 0. The summed E-state index contributed by atoms with van der Waals surface area (Å²) in [6.45, 7) is 4.07. The molecule has 2 aromatic rings. The Hall–Kier alpha value is -2.82. The largest absolute Gasteiger partial charge is 0.467 e. The van der Waals surface area contributed by atoms with Crippen molar-refractivity contribution >= 4 is 12.1 Å². The van der Waals surface area contributed by atoms with Crippen molar-refractivity contribution < 1.29 is 19.1 Å². The SMILES string of the molecule is COC(=O)[C@@]1(NC(=O)OCC2c3ccccc3-c3ccccc32)CC1(C)C. The fraction of sp³-hybridized carbons (Fsp3) is 0.364. The van der Waals surface area contributed by atoms with Crippen molar-refractivity contribution in [2.45, 2.75) is 31.7 Å². The predicted molar refractivity (Wildman–Crippen MR) is 101 cm³/mol. The fourth-order valence-corrected chi connectivity index (χ4v) is 4.21. The number of esters is 1. The van der Waals surface area contributed by atoms with Crippen molar-refractivity contribution in [3.8, 4) is 11.1 Å². The molecule has 0 bridgehead atoms. The number of carbonyl (C=O) groups is 2. The first-order valence-electron chi connectivity index (χ1n) is 9.11. The van der Waals surface area contributed by atoms with Gasteiger partial charge in [-0.05, 0) is 28.7 Å². The van der Waals surface area contributed by atoms with Gasteiger partial charge in [0.2, 0.25) is 0 Å². The van der Waals surface area contributed by atoms with Gasteiger partial charge < -0.3 is 14.8 Å². The Morgan fingerprint density at radius 3 is 2.04 bits per heavy atom. The maximum Gasteiger partial charge on any atom is 0.408 e. The molecule has 0 saturated heterocycles. The van der Waals surface area contributed by atoms with Gasteiger partial charge in [0.15, 0.2) is 0 Å². The molecule has 1 N–H and O–H groups in total. The van der Waals surface area contributed by atoms with Crippen LogP contribution in [0.1, 0.15) is 37.3 Å². The van der Waals surface area contributed by atoms with Gasteiger partial charge in [0.25, 0.3) is 0 Å². The van der Waals surface area contributed by atoms with Crippen LogP contribution in [0.5, 0.6) is 0 Å². The summed E-state index contributed by atoms with van der Waals surface area (Å²) in [6, 6.07) is 16.3. The van der Waals surface area contributed by atoms with Crippen molar-refractivity contribution in [1.82, 2.24) is 5.32 Å². The first kappa shape index (κ1) is 17.6. The topological polar surface area (TPSA) is 64.6 Å². The van der Waals surface area contributed by atoms with Gasteiger partial charge in [0, 0.05) is 11.3 Å². The van der Waals surface area contributed by atoms with Gasteiger partial charge >= 0.3 is 12.1 Å². The van der Waals surface area contributed by atoms with E-state index in [0.717, 1.165) is 11.1 Å². The van der Waals surface area contributed by atoms with Crippen molar-refractivity contribution in [2.24, 2.45) is 5.41 Å². The lowest BCUT2D eigenvalue weighted by molar-refractivity contribution is -0.145. The summed E-state index contributed by atoms with van der Waals surface area (Å²) < 4.78 is 10.4. The van der Waals surface area contributed by atoms with E-state index in [-0.39, 0.29) is 17.9 Å². The maximum absolute atomic E-state index is 12.4. The van der Waals surface area contributed by atoms with Crippen LogP contribution in [0.3, 0.4) is 0 Å². The van der Waals surface area contributed by atoms with Gasteiger partial charge in [-0.15, -0.1) is 0 Å². The van der Waals surface area contributed by atoms with E-state index in [2.05, 4.69) is 29.6 Å². The molecule has 1 fully saturated rings. The van der Waals surface area contributed by atoms with Crippen molar-refractivity contribution in [3.05, 3.63) is 59.7 Å². The molecule has 1 atom stereocenters. The quantitative estimate of drug-likeness (QED) is 0.836. The number of methoxy groups -OCH3 is 1. The van der Waals surface area contributed by atoms with E-state index in [1.54, 1.807) is 0 Å². The Kier molecular flexibility index (Phi) is 3.98. The summed E-state index contributed by atoms with van der Waals surface area (Å²) in [5, 5.41) is 2.74. The molecule has 5 nitrogen and oxygen atoms in total. The molecule has 0 heterocycles. The lowest BCUT2D eigenvalue weighted by atomic mass is 9.98. The number of hydrogen-bond donors (Lipinski definition) is 1. The smallest absolute Gasteiger partial charge is 0.408 e. The van der Waals surface area contributed by atoms with Crippen LogP contribution in [-0.4, -0.2) is 31.3 Å². The third kappa shape index (κ3) is 2.69. The third-order valence-electron chi connectivity index (χ3n) is 5.93. The Labute approximate surface area is 158 Å². The Balaban J connectivity index is 1.50. The van der Waals surface area contributed by atoms with E-state index >= 15 is 0 Å². The molecule has 0 aromatic heterocycles. The predicted octanol–water partition coefficient (Wildman–Crippen LogP) is 3.87. The molecule has 1 saturated carbocycles. The van der Waals surface area contributed by atoms with E-state index in [1.807, 2.05) is 38.1 Å². The highest BCUT2D eigenvalue weighted by Gasteiger charge is 2.68. The summed E-state index contributed by atoms with van der Waals surface area (Å²) in [4.78, 5) is 24.6. The number of fused-ring (bicyclic) bond motifs is 3. The van der Waals surface area contributed by atoms with Crippen LogP contribution < -0.4 is 5.32 Å². The zero-order valence-electron chi connectivity index (χ0n) is 15.7. The van der Waals surface area contributed by atoms with Crippen molar-refractivity contribution in [1.29, 1.82) is 0 Å². The van der Waals surface area contributed by atoms with Gasteiger partial charge in [-0.1, -0.05) is 62.4 Å². The molecule has 0 spiro atoms. The minimum absolute atomic E-state index is 0.00978. The van der Waals surface area contributed by atoms with Crippen LogP contribution in [0, 0.1) is 5.41 Å². The molecule has 5 heteroatoms. The van der Waals surface area contributed by atoms with E-state index < -0.39 is 17.6 Å². The van der Waals surface area contributed by atoms with Crippen LogP contribution in [0.15, 0.2) is 48.5 Å². The van der Waals surface area contributed by atoms with Gasteiger partial charge in [-0.2, -0.15) is 0 Å². The van der Waals surface area contributed by atoms with Crippen LogP contribution in [0.25, 0.3) is 11.1 Å². The first-order valence-corrected chi connectivity index (χ1v) is 9.11. The molecular weight excluding hydrogens is 342 g/mol. The first-order chi connectivity index (χ1) is 12.9. The van der Waals surface area contributed by atoms with Gasteiger partial charge in [-0.25, -0.2) is 9.59 Å². The van der Waals surface area contributed by atoms with Crippen LogP contribution >= 0.6 is 0 Å². The minimum Gasteiger partial charge on any atom is -0.467 e. The summed E-state index contributed by atoms with van der Waals surface area (Å²) in [5.41, 5.74) is 3.32. The minimum atomic E-state index is -0.996. The Morgan fingerprint density at radius 1 is 1.04 bits per heavy atom. The van der Waals surface area contributed by atoms with E-state index in [1.165, 1.54) is 18.2 Å². The Morgan fingerprint density at radius 2 is 1.56 bits per heavy atom. The molecule has 1 amide bonds. The van der Waals surface area contributed by atoms with Gasteiger partial charge in [-0.3, -0.25) is 0 Å². The Bertz CT molecular complexity index is 875. The van der Waals surface area contributed by atoms with E-state index in [4.69, 9.17) is 9.47 Å². The third-order valence-corrected chi connectivity index (χ3v) is 5.93. The van der Waals surface area contributed by atoms with E-state index in [0.29, 0.717) is 6.42 Å². The number of benzene rings is 2.